The Kier molecular flexibility index (Phi) is 8.83. The van der Waals surface area contributed by atoms with Crippen LogP contribution in [0.3, 0.4) is 0 Å². The van der Waals surface area contributed by atoms with Crippen molar-refractivity contribution < 1.29 is 65.5 Å². The maximum Gasteiger partial charge on any atom is 0.534 e. The van der Waals surface area contributed by atoms with Gasteiger partial charge in [-0.2, -0.15) is 26.9 Å². The van der Waals surface area contributed by atoms with Crippen molar-refractivity contribution in [1.82, 2.24) is 0 Å². The summed E-state index contributed by atoms with van der Waals surface area (Å²) in [5.74, 6) is -3.44. The molecule has 224 valence electrons. The fourth-order valence-electron chi connectivity index (χ4n) is 4.47. The van der Waals surface area contributed by atoms with Crippen LogP contribution in [0.4, 0.5) is 13.2 Å². The van der Waals surface area contributed by atoms with Crippen molar-refractivity contribution in [2.75, 3.05) is 19.8 Å². The molecule has 0 saturated carbocycles. The Labute approximate surface area is 231 Å². The summed E-state index contributed by atoms with van der Waals surface area (Å²) in [5.41, 5.74) is -5.24. The zero-order valence-electron chi connectivity index (χ0n) is 21.1. The van der Waals surface area contributed by atoms with Gasteiger partial charge in [-0.25, -0.2) is 0 Å². The van der Waals surface area contributed by atoms with E-state index in [1.165, 1.54) is 24.3 Å². The molecule has 2 aromatic rings. The van der Waals surface area contributed by atoms with Crippen LogP contribution >= 0.6 is 0 Å². The minimum absolute atomic E-state index is 0.0378. The van der Waals surface area contributed by atoms with Crippen LogP contribution in [0.2, 0.25) is 0 Å². The van der Waals surface area contributed by atoms with E-state index >= 15 is 0 Å². The third kappa shape index (κ3) is 6.27. The van der Waals surface area contributed by atoms with Gasteiger partial charge in [-0.3, -0.25) is 0 Å². The lowest BCUT2D eigenvalue weighted by Crippen LogP contribution is -2.63. The van der Waals surface area contributed by atoms with Crippen molar-refractivity contribution in [3.05, 3.63) is 58.7 Å². The quantitative estimate of drug-likeness (QED) is 0.202. The molecule has 0 amide bonds. The van der Waals surface area contributed by atoms with Crippen molar-refractivity contribution in [3.8, 4) is 17.6 Å². The zero-order valence-corrected chi connectivity index (χ0v) is 21.9. The van der Waals surface area contributed by atoms with Gasteiger partial charge < -0.3 is 43.9 Å². The first-order valence-electron chi connectivity index (χ1n) is 12.2. The average molecular weight is 606 g/mol. The summed E-state index contributed by atoms with van der Waals surface area (Å²) in [6, 6.07) is 8.96. The number of rotatable bonds is 8. The lowest BCUT2D eigenvalue weighted by Gasteiger charge is -2.46. The normalized spacial score (nSPS) is 28.7. The highest BCUT2D eigenvalue weighted by Gasteiger charge is 2.55. The molecule has 0 spiro atoms. The molecule has 2 heterocycles. The molecule has 0 aliphatic carbocycles. The number of nitriles is 1. The van der Waals surface area contributed by atoms with Gasteiger partial charge in [0.15, 0.2) is 0 Å². The number of aliphatic hydroxyl groups is 5. The Morgan fingerprint density at radius 1 is 1.12 bits per heavy atom. The van der Waals surface area contributed by atoms with E-state index in [0.29, 0.717) is 18.6 Å². The van der Waals surface area contributed by atoms with E-state index in [1.807, 2.05) is 6.07 Å². The third-order valence-electron chi connectivity index (χ3n) is 6.67. The monoisotopic (exact) mass is 605 g/mol. The van der Waals surface area contributed by atoms with E-state index in [0.717, 1.165) is 12.1 Å². The van der Waals surface area contributed by atoms with E-state index in [4.69, 9.17) is 14.2 Å². The lowest BCUT2D eigenvalue weighted by molar-refractivity contribution is -0.358. The topological polar surface area (TPSA) is 196 Å². The van der Waals surface area contributed by atoms with Gasteiger partial charge in [-0.15, -0.1) is 0 Å². The van der Waals surface area contributed by atoms with Crippen molar-refractivity contribution >= 4 is 10.1 Å². The summed E-state index contributed by atoms with van der Waals surface area (Å²) in [7, 11) is -5.88. The predicted octanol–water partition coefficient (Wildman–Crippen LogP) is 0.164. The number of halogens is 3. The number of alkyl halides is 3. The molecule has 0 aromatic heterocycles. The summed E-state index contributed by atoms with van der Waals surface area (Å²) in [4.78, 5) is 0. The molecule has 2 aliphatic heterocycles. The molecule has 2 saturated heterocycles. The molecule has 2 aromatic carbocycles. The minimum atomic E-state index is -5.88. The lowest BCUT2D eigenvalue weighted by atomic mass is 9.85. The molecular weight excluding hydrogens is 579 g/mol. The highest BCUT2D eigenvalue weighted by molar-refractivity contribution is 7.88. The van der Waals surface area contributed by atoms with Crippen LogP contribution in [-0.4, -0.2) is 89.8 Å². The molecule has 4 rings (SSSR count). The molecule has 0 bridgehead atoms. The van der Waals surface area contributed by atoms with E-state index in [2.05, 4.69) is 4.18 Å². The molecule has 5 N–H and O–H groups in total. The van der Waals surface area contributed by atoms with Gasteiger partial charge in [-0.05, 0) is 41.8 Å². The average Bonchev–Trinajstić information content (AvgIpc) is 3.43. The van der Waals surface area contributed by atoms with Crippen LogP contribution in [0.1, 0.15) is 28.7 Å². The van der Waals surface area contributed by atoms with Gasteiger partial charge in [0, 0.05) is 6.42 Å². The van der Waals surface area contributed by atoms with Gasteiger partial charge in [0.25, 0.3) is 0 Å². The number of benzene rings is 2. The number of ether oxygens (including phenoxy) is 3. The van der Waals surface area contributed by atoms with Crippen LogP contribution in [0, 0.1) is 11.3 Å². The predicted molar refractivity (Wildman–Crippen MR) is 130 cm³/mol. The van der Waals surface area contributed by atoms with Gasteiger partial charge in [0.1, 0.15) is 42.0 Å². The second-order valence-corrected chi connectivity index (χ2v) is 11.0. The SMILES string of the molecule is N#Cc1cc(O[C@H]2CCOC2)c([C@@]2(O)O[C@H](CO)[C@@H](O)[C@H](O)[C@H]2O)cc1Cc1ccc(OS(=O)(=O)C(F)(F)F)cc1. The zero-order chi connectivity index (χ0) is 30.2. The van der Waals surface area contributed by atoms with Crippen molar-refractivity contribution in [3.63, 3.8) is 0 Å². The molecule has 6 atom stereocenters. The third-order valence-corrected chi connectivity index (χ3v) is 7.65. The van der Waals surface area contributed by atoms with E-state index in [-0.39, 0.29) is 35.5 Å². The fourth-order valence-corrected chi connectivity index (χ4v) is 4.93. The maximum absolute atomic E-state index is 12.6. The Morgan fingerprint density at radius 3 is 2.37 bits per heavy atom. The summed E-state index contributed by atoms with van der Waals surface area (Å²) < 4.78 is 81.2. The van der Waals surface area contributed by atoms with Gasteiger partial charge in [-0.1, -0.05) is 12.1 Å². The van der Waals surface area contributed by atoms with Crippen molar-refractivity contribution in [2.45, 2.75) is 54.7 Å². The van der Waals surface area contributed by atoms with Crippen LogP contribution < -0.4 is 8.92 Å². The molecule has 0 radical (unpaired) electrons. The largest absolute Gasteiger partial charge is 0.534 e. The molecular formula is C25H26F3NO11S. The summed E-state index contributed by atoms with van der Waals surface area (Å²) in [6.45, 7) is -0.264. The van der Waals surface area contributed by atoms with Crippen LogP contribution in [0.15, 0.2) is 36.4 Å². The maximum atomic E-state index is 12.6. The number of aliphatic hydroxyl groups excluding tert-OH is 4. The summed E-state index contributed by atoms with van der Waals surface area (Å²) in [5, 5.41) is 62.3. The highest BCUT2D eigenvalue weighted by Crippen LogP contribution is 2.42. The van der Waals surface area contributed by atoms with Gasteiger partial charge >= 0.3 is 15.6 Å². The first kappa shape index (κ1) is 30.9. The Morgan fingerprint density at radius 2 is 1.80 bits per heavy atom. The Hall–Kier alpha value is -3.01. The van der Waals surface area contributed by atoms with Gasteiger partial charge in [0.2, 0.25) is 5.79 Å². The molecule has 0 unspecified atom stereocenters. The summed E-state index contributed by atoms with van der Waals surface area (Å²) >= 11 is 0. The molecule has 16 heteroatoms. The van der Waals surface area contributed by atoms with Crippen LogP contribution in [-0.2, 0) is 31.8 Å². The Bertz CT molecular complexity index is 1390. The van der Waals surface area contributed by atoms with E-state index < -0.39 is 64.3 Å². The summed E-state index contributed by atoms with van der Waals surface area (Å²) in [6.07, 6.45) is -7.47. The Balaban J connectivity index is 1.72. The highest BCUT2D eigenvalue weighted by atomic mass is 32.2. The second kappa shape index (κ2) is 11.7. The van der Waals surface area contributed by atoms with Gasteiger partial charge in [0.05, 0.1) is 37.0 Å². The van der Waals surface area contributed by atoms with E-state index in [1.54, 1.807) is 0 Å². The van der Waals surface area contributed by atoms with Crippen molar-refractivity contribution in [1.29, 1.82) is 5.26 Å². The number of hydrogen-bond donors (Lipinski definition) is 5. The van der Waals surface area contributed by atoms with E-state index in [9.17, 15) is 52.4 Å². The minimum Gasteiger partial charge on any atom is -0.487 e. The molecule has 2 aliphatic rings. The van der Waals surface area contributed by atoms with Crippen LogP contribution in [0.25, 0.3) is 0 Å². The number of hydrogen-bond acceptors (Lipinski definition) is 12. The molecule has 2 fully saturated rings. The van der Waals surface area contributed by atoms with Crippen LogP contribution in [0.5, 0.6) is 11.5 Å². The first-order valence-corrected chi connectivity index (χ1v) is 13.6. The second-order valence-electron chi connectivity index (χ2n) is 9.49. The molecule has 41 heavy (non-hydrogen) atoms. The van der Waals surface area contributed by atoms with Crippen molar-refractivity contribution in [2.24, 2.45) is 0 Å². The molecule has 12 nitrogen and oxygen atoms in total. The smallest absolute Gasteiger partial charge is 0.487 e. The fraction of sp³-hybridized carbons (Fsp3) is 0.480. The first-order chi connectivity index (χ1) is 19.2. The number of nitrogens with zero attached hydrogens (tertiary/aromatic N) is 1. The standard InChI is InChI=1S/C25H26F3NO11S/c26-25(27,28)41(35,36)40-16-3-1-13(2-4-16)7-14-8-18(19(9-15(14)10-29)38-17-5-6-37-12-17)24(34)23(33)22(32)21(31)20(11-30)39-24/h1-4,8-9,17,20-23,30-34H,5-7,11-12H2/t17-,20+,21+,22-,23+,24+/m0/s1.